The summed E-state index contributed by atoms with van der Waals surface area (Å²) in [6.07, 6.45) is -5.61. The summed E-state index contributed by atoms with van der Waals surface area (Å²) in [6.45, 7) is 3.87. The molecule has 1 aliphatic rings. The summed E-state index contributed by atoms with van der Waals surface area (Å²) >= 11 is 0. The number of carbonyl (C=O) groups excluding carboxylic acids is 1. The number of rotatable bonds is 9. The first kappa shape index (κ1) is 23.4. The van der Waals surface area contributed by atoms with E-state index in [0.717, 1.165) is 5.56 Å². The number of methoxy groups -OCH3 is 3. The van der Waals surface area contributed by atoms with Crippen molar-refractivity contribution in [3.05, 3.63) is 23.8 Å². The van der Waals surface area contributed by atoms with Crippen LogP contribution in [0.1, 0.15) is 19.4 Å². The molecule has 3 N–H and O–H groups in total. The zero-order chi connectivity index (χ0) is 21.6. The Labute approximate surface area is 170 Å². The van der Waals surface area contributed by atoms with E-state index in [1.807, 2.05) is 12.1 Å². The van der Waals surface area contributed by atoms with Crippen LogP contribution in [0, 0.1) is 0 Å². The summed E-state index contributed by atoms with van der Waals surface area (Å²) < 4.78 is 26.8. The fourth-order valence-electron chi connectivity index (χ4n) is 3.16. The molecular weight excluding hydrogens is 382 g/mol. The van der Waals surface area contributed by atoms with Crippen LogP contribution in [0.4, 0.5) is 0 Å². The van der Waals surface area contributed by atoms with Crippen molar-refractivity contribution in [3.8, 4) is 11.5 Å². The molecule has 9 heteroatoms. The third kappa shape index (κ3) is 5.80. The van der Waals surface area contributed by atoms with Gasteiger partial charge in [0, 0.05) is 13.7 Å². The fraction of sp³-hybridized carbons (Fsp3) is 0.650. The molecule has 1 heterocycles. The molecular formula is C20H31NO8. The van der Waals surface area contributed by atoms with E-state index in [0.29, 0.717) is 24.5 Å². The van der Waals surface area contributed by atoms with Crippen molar-refractivity contribution in [3.63, 3.8) is 0 Å². The molecule has 29 heavy (non-hydrogen) atoms. The molecule has 9 nitrogen and oxygen atoms in total. The molecule has 1 saturated heterocycles. The van der Waals surface area contributed by atoms with E-state index in [4.69, 9.17) is 23.7 Å². The number of benzene rings is 1. The van der Waals surface area contributed by atoms with Crippen molar-refractivity contribution >= 4 is 5.91 Å². The maximum atomic E-state index is 12.7. The smallest absolute Gasteiger partial charge is 0.252 e. The van der Waals surface area contributed by atoms with E-state index < -0.39 is 36.6 Å². The number of aliphatic hydroxyl groups excluding tert-OH is 2. The van der Waals surface area contributed by atoms with Crippen LogP contribution in [0.15, 0.2) is 18.2 Å². The van der Waals surface area contributed by atoms with Crippen LogP contribution in [-0.2, 0) is 25.4 Å². The molecule has 1 amide bonds. The number of nitrogens with one attached hydrogen (secondary N) is 1. The molecule has 1 aliphatic heterocycles. The molecule has 164 valence electrons. The first-order valence-corrected chi connectivity index (χ1v) is 9.50. The van der Waals surface area contributed by atoms with Crippen molar-refractivity contribution < 1.29 is 38.7 Å². The van der Waals surface area contributed by atoms with Crippen LogP contribution in [-0.4, -0.2) is 80.8 Å². The van der Waals surface area contributed by atoms with Crippen LogP contribution in [0.3, 0.4) is 0 Å². The van der Waals surface area contributed by atoms with Gasteiger partial charge in [0.2, 0.25) is 0 Å². The predicted octanol–water partition coefficient (Wildman–Crippen LogP) is 0.249. The minimum atomic E-state index is -1.32. The van der Waals surface area contributed by atoms with Crippen LogP contribution in [0.2, 0.25) is 0 Å². The van der Waals surface area contributed by atoms with Crippen LogP contribution in [0.5, 0.6) is 11.5 Å². The van der Waals surface area contributed by atoms with Gasteiger partial charge in [-0.2, -0.15) is 0 Å². The van der Waals surface area contributed by atoms with Gasteiger partial charge in [0.15, 0.2) is 23.9 Å². The molecule has 2 rings (SSSR count). The molecule has 0 aromatic heterocycles. The second-order valence-electron chi connectivity index (χ2n) is 7.02. The third-order valence-corrected chi connectivity index (χ3v) is 4.64. The van der Waals surface area contributed by atoms with Crippen LogP contribution < -0.4 is 14.8 Å². The van der Waals surface area contributed by atoms with Gasteiger partial charge in [0.25, 0.3) is 5.91 Å². The lowest BCUT2D eigenvalue weighted by atomic mass is 9.98. The first-order chi connectivity index (χ1) is 13.8. The van der Waals surface area contributed by atoms with Crippen molar-refractivity contribution in [1.82, 2.24) is 5.32 Å². The van der Waals surface area contributed by atoms with Crippen molar-refractivity contribution in [2.24, 2.45) is 0 Å². The van der Waals surface area contributed by atoms with Gasteiger partial charge in [-0.3, -0.25) is 4.79 Å². The van der Waals surface area contributed by atoms with E-state index in [9.17, 15) is 15.0 Å². The van der Waals surface area contributed by atoms with Crippen LogP contribution >= 0.6 is 0 Å². The Morgan fingerprint density at radius 1 is 1.14 bits per heavy atom. The number of amides is 1. The minimum Gasteiger partial charge on any atom is -0.493 e. The van der Waals surface area contributed by atoms with E-state index in [1.54, 1.807) is 34.1 Å². The highest BCUT2D eigenvalue weighted by Gasteiger charge is 2.48. The molecule has 0 radical (unpaired) electrons. The normalized spacial score (nSPS) is 27.0. The Morgan fingerprint density at radius 2 is 1.83 bits per heavy atom. The zero-order valence-electron chi connectivity index (χ0n) is 17.5. The minimum absolute atomic E-state index is 0.255. The molecule has 1 fully saturated rings. The predicted molar refractivity (Wildman–Crippen MR) is 104 cm³/mol. The van der Waals surface area contributed by atoms with Gasteiger partial charge in [-0.05, 0) is 38.0 Å². The average molecular weight is 413 g/mol. The van der Waals surface area contributed by atoms with E-state index >= 15 is 0 Å². The third-order valence-electron chi connectivity index (χ3n) is 4.64. The standard InChI is InChI=1S/C20H31NO8/c1-11(2)28-20-16(23)15(22)17(27-5)18(29-20)19(24)21-9-8-12-6-7-13(25-3)14(10-12)26-4/h6-7,10-11,15-18,20,22-23H,8-9H2,1-5H3,(H,21,24)/t15-,16+,17-,18?,20-/m1/s1. The summed E-state index contributed by atoms with van der Waals surface area (Å²) in [5.74, 6) is 0.778. The average Bonchev–Trinajstić information content (AvgIpc) is 2.70. The largest absolute Gasteiger partial charge is 0.493 e. The summed E-state index contributed by atoms with van der Waals surface area (Å²) in [6, 6.07) is 5.52. The second kappa shape index (κ2) is 10.7. The topological polar surface area (TPSA) is 116 Å². The number of hydrogen-bond acceptors (Lipinski definition) is 8. The van der Waals surface area contributed by atoms with E-state index in [-0.39, 0.29) is 6.10 Å². The summed E-state index contributed by atoms with van der Waals surface area (Å²) in [5.41, 5.74) is 0.951. The van der Waals surface area contributed by atoms with Gasteiger partial charge in [0.1, 0.15) is 18.3 Å². The number of carbonyl (C=O) groups is 1. The molecule has 0 bridgehead atoms. The summed E-state index contributed by atoms with van der Waals surface area (Å²) in [7, 11) is 4.47. The first-order valence-electron chi connectivity index (χ1n) is 9.50. The quantitative estimate of drug-likeness (QED) is 0.528. The van der Waals surface area contributed by atoms with Gasteiger partial charge < -0.3 is 39.2 Å². The van der Waals surface area contributed by atoms with Gasteiger partial charge in [0.05, 0.1) is 20.3 Å². The van der Waals surface area contributed by atoms with Gasteiger partial charge >= 0.3 is 0 Å². The Kier molecular flexibility index (Phi) is 8.66. The fourth-order valence-corrected chi connectivity index (χ4v) is 3.16. The monoisotopic (exact) mass is 413 g/mol. The molecule has 0 saturated carbocycles. The number of hydrogen-bond donors (Lipinski definition) is 3. The van der Waals surface area contributed by atoms with Crippen molar-refractivity contribution in [2.75, 3.05) is 27.9 Å². The zero-order valence-corrected chi connectivity index (χ0v) is 17.5. The molecule has 0 spiro atoms. The molecule has 0 aliphatic carbocycles. The number of ether oxygens (including phenoxy) is 5. The maximum Gasteiger partial charge on any atom is 0.252 e. The lowest BCUT2D eigenvalue weighted by Gasteiger charge is -2.41. The molecule has 1 aromatic rings. The highest BCUT2D eigenvalue weighted by molar-refractivity contribution is 5.81. The van der Waals surface area contributed by atoms with Gasteiger partial charge in [-0.1, -0.05) is 6.07 Å². The lowest BCUT2D eigenvalue weighted by molar-refractivity contribution is -0.301. The highest BCUT2D eigenvalue weighted by atomic mass is 16.7. The molecule has 1 unspecified atom stereocenters. The SMILES string of the molecule is COc1ccc(CCNC(=O)C2O[C@@H](OC(C)C)[C@@H](O)[C@@H](O)[C@H]2OC)cc1OC. The van der Waals surface area contributed by atoms with Crippen molar-refractivity contribution in [1.29, 1.82) is 0 Å². The highest BCUT2D eigenvalue weighted by Crippen LogP contribution is 2.28. The summed E-state index contributed by atoms with van der Waals surface area (Å²) in [4.78, 5) is 12.7. The second-order valence-corrected chi connectivity index (χ2v) is 7.02. The van der Waals surface area contributed by atoms with E-state index in [2.05, 4.69) is 5.32 Å². The Balaban J connectivity index is 1.99. The number of aliphatic hydroxyl groups is 2. The summed E-state index contributed by atoms with van der Waals surface area (Å²) in [5, 5.41) is 23.3. The molecule has 5 atom stereocenters. The van der Waals surface area contributed by atoms with Crippen molar-refractivity contribution in [2.45, 2.75) is 57.1 Å². The Bertz CT molecular complexity index is 668. The lowest BCUT2D eigenvalue weighted by Crippen LogP contribution is -2.63. The molecule has 1 aromatic carbocycles. The Hall–Kier alpha value is -1.91. The van der Waals surface area contributed by atoms with Gasteiger partial charge in [-0.15, -0.1) is 0 Å². The maximum absolute atomic E-state index is 12.7. The Morgan fingerprint density at radius 3 is 2.41 bits per heavy atom. The van der Waals surface area contributed by atoms with E-state index in [1.165, 1.54) is 7.11 Å². The van der Waals surface area contributed by atoms with Crippen LogP contribution in [0.25, 0.3) is 0 Å². The van der Waals surface area contributed by atoms with Gasteiger partial charge in [-0.25, -0.2) is 0 Å².